The molecule has 1 saturated carbocycles. The number of nitrogens with one attached hydrogen (secondary N) is 3. The maximum atomic E-state index is 13.9. The van der Waals surface area contributed by atoms with Gasteiger partial charge in [0.05, 0.1) is 47.6 Å². The third kappa shape index (κ3) is 5.46. The summed E-state index contributed by atoms with van der Waals surface area (Å²) in [4.78, 5) is 24.4. The van der Waals surface area contributed by atoms with Crippen LogP contribution in [0.25, 0.3) is 10.9 Å². The maximum absolute atomic E-state index is 13.9. The van der Waals surface area contributed by atoms with Crippen LogP contribution in [0.3, 0.4) is 0 Å². The molecular formula is C29H32FN7O2. The van der Waals surface area contributed by atoms with Crippen molar-refractivity contribution in [1.82, 2.24) is 14.9 Å². The van der Waals surface area contributed by atoms with E-state index in [9.17, 15) is 9.18 Å². The molecule has 9 nitrogen and oxygen atoms in total. The van der Waals surface area contributed by atoms with Crippen molar-refractivity contribution in [2.45, 2.75) is 12.8 Å². The van der Waals surface area contributed by atoms with Gasteiger partial charge >= 0.3 is 0 Å². The first-order chi connectivity index (χ1) is 19.0. The molecule has 0 radical (unpaired) electrons. The Morgan fingerprint density at radius 2 is 1.87 bits per heavy atom. The SMILES string of the molecule is COc1cc(N2CCN(CC3CC3)CC2)ccc1Nc1cc2c(Nc3cc(F)ccc3C(N)=O)cncc2[nH]1. The number of methoxy groups -OCH3 is 1. The third-order valence-corrected chi connectivity index (χ3v) is 7.47. The minimum atomic E-state index is -0.648. The first kappa shape index (κ1) is 25.0. The average Bonchev–Trinajstić information content (AvgIpc) is 3.65. The third-order valence-electron chi connectivity index (χ3n) is 7.47. The molecule has 0 bridgehead atoms. The Morgan fingerprint density at radius 1 is 1.05 bits per heavy atom. The standard InChI is InChI=1S/C29H32FN7O2/c1-39-27-13-20(37-10-8-36(9-11-37)17-18-2-3-18)5-7-23(27)34-28-14-22-25(15-32-16-26(22)35-28)33-24-12-19(30)4-6-21(24)29(31)38/h4-7,12-16,18,33-35H,2-3,8-11,17H2,1H3,(H2,31,38). The molecule has 1 aliphatic heterocycles. The molecule has 4 aromatic rings. The largest absolute Gasteiger partial charge is 0.494 e. The molecule has 0 spiro atoms. The fraction of sp³-hybridized carbons (Fsp3) is 0.310. The van der Waals surface area contributed by atoms with E-state index < -0.39 is 11.7 Å². The molecule has 5 N–H and O–H groups in total. The molecule has 2 fully saturated rings. The lowest BCUT2D eigenvalue weighted by Gasteiger charge is -2.36. The average molecular weight is 530 g/mol. The van der Waals surface area contributed by atoms with Gasteiger partial charge in [-0.05, 0) is 55.2 Å². The molecular weight excluding hydrogens is 497 g/mol. The number of H-pyrrole nitrogens is 1. The van der Waals surface area contributed by atoms with Gasteiger partial charge in [-0.2, -0.15) is 0 Å². The Bertz CT molecular complexity index is 1510. The summed E-state index contributed by atoms with van der Waals surface area (Å²) < 4.78 is 19.7. The minimum Gasteiger partial charge on any atom is -0.494 e. The molecule has 1 saturated heterocycles. The van der Waals surface area contributed by atoms with Crippen LogP contribution in [0.4, 0.5) is 33.0 Å². The zero-order valence-electron chi connectivity index (χ0n) is 21.8. The Kier molecular flexibility index (Phi) is 6.70. The number of rotatable bonds is 9. The highest BCUT2D eigenvalue weighted by Gasteiger charge is 2.26. The van der Waals surface area contributed by atoms with Crippen LogP contribution < -0.4 is 26.0 Å². The van der Waals surface area contributed by atoms with Gasteiger partial charge in [0, 0.05) is 49.9 Å². The molecule has 202 valence electrons. The molecule has 39 heavy (non-hydrogen) atoms. The highest BCUT2D eigenvalue weighted by molar-refractivity contribution is 6.02. The number of aromatic amines is 1. The van der Waals surface area contributed by atoms with Gasteiger partial charge < -0.3 is 31.0 Å². The summed E-state index contributed by atoms with van der Waals surface area (Å²) >= 11 is 0. The zero-order valence-corrected chi connectivity index (χ0v) is 21.8. The fourth-order valence-corrected chi connectivity index (χ4v) is 5.18. The van der Waals surface area contributed by atoms with Crippen LogP contribution in [0.2, 0.25) is 0 Å². The monoisotopic (exact) mass is 529 g/mol. The topological polar surface area (TPSA) is 112 Å². The number of anilines is 5. The summed E-state index contributed by atoms with van der Waals surface area (Å²) in [5, 5.41) is 7.34. The number of ether oxygens (including phenoxy) is 1. The number of primary amides is 1. The zero-order chi connectivity index (χ0) is 26.9. The summed E-state index contributed by atoms with van der Waals surface area (Å²) in [5.41, 5.74) is 9.29. The lowest BCUT2D eigenvalue weighted by atomic mass is 10.1. The molecule has 6 rings (SSSR count). The smallest absolute Gasteiger partial charge is 0.250 e. The number of amides is 1. The predicted octanol–water partition coefficient (Wildman–Crippen LogP) is 4.83. The number of carbonyl (C=O) groups is 1. The maximum Gasteiger partial charge on any atom is 0.250 e. The van der Waals surface area contributed by atoms with Gasteiger partial charge in [-0.1, -0.05) is 0 Å². The van der Waals surface area contributed by atoms with Crippen LogP contribution in [0, 0.1) is 11.7 Å². The fourth-order valence-electron chi connectivity index (χ4n) is 5.18. The normalized spacial score (nSPS) is 15.9. The van der Waals surface area contributed by atoms with E-state index in [0.29, 0.717) is 5.69 Å². The van der Waals surface area contributed by atoms with Crippen molar-refractivity contribution in [3.05, 3.63) is 66.2 Å². The molecule has 1 aliphatic carbocycles. The van der Waals surface area contributed by atoms with Crippen LogP contribution in [-0.4, -0.2) is 60.6 Å². The minimum absolute atomic E-state index is 0.191. The van der Waals surface area contributed by atoms with Crippen LogP contribution in [0.1, 0.15) is 23.2 Å². The van der Waals surface area contributed by atoms with Gasteiger partial charge in [0.15, 0.2) is 0 Å². The Morgan fingerprint density at radius 3 is 2.62 bits per heavy atom. The molecule has 2 aromatic carbocycles. The quantitative estimate of drug-likeness (QED) is 0.246. The first-order valence-corrected chi connectivity index (χ1v) is 13.2. The molecule has 10 heteroatoms. The number of carbonyl (C=O) groups excluding carboxylic acids is 1. The van der Waals surface area contributed by atoms with Crippen molar-refractivity contribution in [1.29, 1.82) is 0 Å². The van der Waals surface area contributed by atoms with Gasteiger partial charge in [-0.3, -0.25) is 14.7 Å². The first-order valence-electron chi connectivity index (χ1n) is 13.2. The van der Waals surface area contributed by atoms with Gasteiger partial charge in [-0.25, -0.2) is 4.39 Å². The highest BCUT2D eigenvalue weighted by Crippen LogP contribution is 2.35. The second-order valence-corrected chi connectivity index (χ2v) is 10.3. The summed E-state index contributed by atoms with van der Waals surface area (Å²) in [6.07, 6.45) is 6.10. The summed E-state index contributed by atoms with van der Waals surface area (Å²) in [6.45, 7) is 5.45. The molecule has 0 atom stereocenters. The van der Waals surface area contributed by atoms with E-state index in [-0.39, 0.29) is 11.3 Å². The van der Waals surface area contributed by atoms with Crippen molar-refractivity contribution >= 4 is 45.4 Å². The van der Waals surface area contributed by atoms with E-state index in [1.165, 1.54) is 37.6 Å². The van der Waals surface area contributed by atoms with Crippen molar-refractivity contribution in [2.75, 3.05) is 55.4 Å². The Labute approximate surface area is 226 Å². The van der Waals surface area contributed by atoms with E-state index in [2.05, 4.69) is 42.5 Å². The van der Waals surface area contributed by atoms with E-state index in [0.717, 1.165) is 65.9 Å². The number of pyridine rings is 1. The number of nitrogens with zero attached hydrogens (tertiary/aromatic N) is 3. The Balaban J connectivity index is 1.20. The number of fused-ring (bicyclic) bond motifs is 1. The van der Waals surface area contributed by atoms with Gasteiger partial charge in [-0.15, -0.1) is 0 Å². The van der Waals surface area contributed by atoms with Crippen molar-refractivity contribution in [3.63, 3.8) is 0 Å². The van der Waals surface area contributed by atoms with E-state index in [4.69, 9.17) is 10.5 Å². The van der Waals surface area contributed by atoms with Gasteiger partial charge in [0.25, 0.3) is 5.91 Å². The van der Waals surface area contributed by atoms with Gasteiger partial charge in [0.1, 0.15) is 17.4 Å². The van der Waals surface area contributed by atoms with E-state index in [1.807, 2.05) is 12.1 Å². The molecule has 2 aliphatic rings. The number of benzene rings is 2. The Hall–Kier alpha value is -4.31. The number of halogens is 1. The molecule has 2 aromatic heterocycles. The molecule has 3 heterocycles. The molecule has 0 unspecified atom stereocenters. The van der Waals surface area contributed by atoms with Crippen molar-refractivity contribution < 1.29 is 13.9 Å². The van der Waals surface area contributed by atoms with Crippen LogP contribution in [0.15, 0.2) is 54.9 Å². The van der Waals surface area contributed by atoms with Gasteiger partial charge in [0.2, 0.25) is 0 Å². The summed E-state index contributed by atoms with van der Waals surface area (Å²) in [7, 11) is 1.67. The lowest BCUT2D eigenvalue weighted by molar-refractivity contribution is 0.100. The lowest BCUT2D eigenvalue weighted by Crippen LogP contribution is -2.47. The summed E-state index contributed by atoms with van der Waals surface area (Å²) in [5.74, 6) is 1.27. The predicted molar refractivity (Wildman–Crippen MR) is 152 cm³/mol. The van der Waals surface area contributed by atoms with E-state index in [1.54, 1.807) is 19.5 Å². The van der Waals surface area contributed by atoms with E-state index >= 15 is 0 Å². The second kappa shape index (κ2) is 10.5. The highest BCUT2D eigenvalue weighted by atomic mass is 19.1. The summed E-state index contributed by atoms with van der Waals surface area (Å²) in [6, 6.07) is 12.0. The molecule has 1 amide bonds. The van der Waals surface area contributed by atoms with Crippen molar-refractivity contribution in [3.8, 4) is 5.75 Å². The second-order valence-electron chi connectivity index (χ2n) is 10.3. The van der Waals surface area contributed by atoms with Crippen LogP contribution >= 0.6 is 0 Å². The number of hydrogen-bond donors (Lipinski definition) is 4. The number of piperazine rings is 1. The number of aromatic nitrogens is 2. The van der Waals surface area contributed by atoms with Crippen LogP contribution in [0.5, 0.6) is 5.75 Å². The number of nitrogens with two attached hydrogens (primary N) is 1. The number of hydrogen-bond acceptors (Lipinski definition) is 7. The van der Waals surface area contributed by atoms with Crippen LogP contribution in [-0.2, 0) is 0 Å². The van der Waals surface area contributed by atoms with Crippen molar-refractivity contribution in [2.24, 2.45) is 11.7 Å².